The highest BCUT2D eigenvalue weighted by Gasteiger charge is 2.16. The van der Waals surface area contributed by atoms with Gasteiger partial charge < -0.3 is 5.32 Å². The highest BCUT2D eigenvalue weighted by Crippen LogP contribution is 2.25. The van der Waals surface area contributed by atoms with Gasteiger partial charge in [-0.3, -0.25) is 14.3 Å². The van der Waals surface area contributed by atoms with Crippen LogP contribution in [0.2, 0.25) is 0 Å². The van der Waals surface area contributed by atoms with Crippen molar-refractivity contribution in [3.8, 4) is 11.4 Å². The van der Waals surface area contributed by atoms with Crippen molar-refractivity contribution >= 4 is 23.4 Å². The van der Waals surface area contributed by atoms with Crippen LogP contribution in [-0.2, 0) is 11.3 Å². The lowest BCUT2D eigenvalue weighted by molar-refractivity contribution is -0.113. The van der Waals surface area contributed by atoms with Crippen molar-refractivity contribution in [1.82, 2.24) is 19.7 Å². The maximum atomic E-state index is 12.5. The van der Waals surface area contributed by atoms with Crippen LogP contribution in [0.15, 0.2) is 78.2 Å². The quantitative estimate of drug-likeness (QED) is 0.430. The second-order valence-electron chi connectivity index (χ2n) is 7.25. The van der Waals surface area contributed by atoms with E-state index in [9.17, 15) is 4.79 Å². The Bertz CT molecular complexity index is 1180. The minimum absolute atomic E-state index is 0.0759. The first-order valence-electron chi connectivity index (χ1n) is 9.97. The number of nitrogens with one attached hydrogen (secondary N) is 1. The number of pyridine rings is 1. The number of rotatable bonds is 7. The molecule has 156 valence electrons. The molecule has 7 heteroatoms. The van der Waals surface area contributed by atoms with Gasteiger partial charge in [-0.2, -0.15) is 0 Å². The molecule has 6 nitrogen and oxygen atoms in total. The fraction of sp³-hybridized carbons (Fsp3) is 0.167. The third-order valence-electron chi connectivity index (χ3n) is 4.96. The molecular formula is C24H23N5OS. The Morgan fingerprint density at radius 1 is 0.968 bits per heavy atom. The Morgan fingerprint density at radius 3 is 2.48 bits per heavy atom. The number of amides is 1. The lowest BCUT2D eigenvalue weighted by atomic mass is 10.1. The first-order chi connectivity index (χ1) is 15.1. The van der Waals surface area contributed by atoms with Gasteiger partial charge in [-0.15, -0.1) is 10.2 Å². The minimum Gasteiger partial charge on any atom is -0.325 e. The van der Waals surface area contributed by atoms with Crippen LogP contribution >= 0.6 is 11.8 Å². The molecule has 4 aromatic rings. The summed E-state index contributed by atoms with van der Waals surface area (Å²) in [5.74, 6) is 0.923. The molecule has 0 radical (unpaired) electrons. The van der Waals surface area contributed by atoms with Gasteiger partial charge in [0, 0.05) is 23.6 Å². The second kappa shape index (κ2) is 9.57. The normalized spacial score (nSPS) is 10.8. The van der Waals surface area contributed by atoms with Crippen molar-refractivity contribution in [2.75, 3.05) is 11.1 Å². The summed E-state index contributed by atoms with van der Waals surface area (Å²) < 4.78 is 2.04. The molecule has 2 aromatic carbocycles. The monoisotopic (exact) mass is 429 g/mol. The molecule has 1 N–H and O–H groups in total. The second-order valence-corrected chi connectivity index (χ2v) is 8.19. The zero-order chi connectivity index (χ0) is 21.6. The minimum atomic E-state index is -0.0759. The first-order valence-corrected chi connectivity index (χ1v) is 11.0. The van der Waals surface area contributed by atoms with Crippen LogP contribution in [0.1, 0.15) is 16.7 Å². The van der Waals surface area contributed by atoms with Gasteiger partial charge in [0.25, 0.3) is 0 Å². The smallest absolute Gasteiger partial charge is 0.234 e. The standard InChI is InChI=1S/C24H23N5OS/c1-17-8-9-21(14-18(17)2)26-22(30)16-31-24-28-27-23(20-10-12-25-13-11-20)29(24)15-19-6-4-3-5-7-19/h3-14H,15-16H2,1-2H3,(H,26,30). The molecule has 0 atom stereocenters. The van der Waals surface area contributed by atoms with Gasteiger partial charge in [0.1, 0.15) is 0 Å². The average molecular weight is 430 g/mol. The van der Waals surface area contributed by atoms with Crippen molar-refractivity contribution in [3.63, 3.8) is 0 Å². The number of nitrogens with zero attached hydrogens (tertiary/aromatic N) is 4. The lowest BCUT2D eigenvalue weighted by Gasteiger charge is -2.11. The number of aromatic nitrogens is 4. The van der Waals surface area contributed by atoms with Crippen LogP contribution in [0.3, 0.4) is 0 Å². The number of carbonyl (C=O) groups is 1. The summed E-state index contributed by atoms with van der Waals surface area (Å²) in [6, 6.07) is 19.9. The Balaban J connectivity index is 1.52. The van der Waals surface area contributed by atoms with E-state index in [0.717, 1.165) is 28.2 Å². The Hall–Kier alpha value is -3.45. The molecule has 0 saturated carbocycles. The van der Waals surface area contributed by atoms with Crippen molar-refractivity contribution in [1.29, 1.82) is 0 Å². The number of carbonyl (C=O) groups excluding carboxylic acids is 1. The van der Waals surface area contributed by atoms with E-state index in [0.29, 0.717) is 11.7 Å². The van der Waals surface area contributed by atoms with Crippen LogP contribution in [0.25, 0.3) is 11.4 Å². The molecule has 0 fully saturated rings. The van der Waals surface area contributed by atoms with Gasteiger partial charge in [-0.05, 0) is 54.8 Å². The number of thioether (sulfide) groups is 1. The van der Waals surface area contributed by atoms with Crippen LogP contribution in [0.4, 0.5) is 5.69 Å². The molecule has 0 aliphatic heterocycles. The molecule has 4 rings (SSSR count). The molecule has 0 aliphatic rings. The van der Waals surface area contributed by atoms with Gasteiger partial charge in [-0.1, -0.05) is 48.2 Å². The van der Waals surface area contributed by atoms with E-state index in [4.69, 9.17) is 0 Å². The first kappa shape index (κ1) is 20.8. The van der Waals surface area contributed by atoms with Crippen molar-refractivity contribution in [2.45, 2.75) is 25.5 Å². The van der Waals surface area contributed by atoms with Crippen molar-refractivity contribution in [3.05, 3.63) is 89.7 Å². The molecule has 0 aliphatic carbocycles. The van der Waals surface area contributed by atoms with Crippen LogP contribution in [-0.4, -0.2) is 31.4 Å². The van der Waals surface area contributed by atoms with E-state index in [2.05, 4.69) is 39.6 Å². The van der Waals surface area contributed by atoms with Crippen LogP contribution < -0.4 is 5.32 Å². The molecule has 31 heavy (non-hydrogen) atoms. The summed E-state index contributed by atoms with van der Waals surface area (Å²) >= 11 is 1.38. The van der Waals surface area contributed by atoms with E-state index in [-0.39, 0.29) is 11.7 Å². The van der Waals surface area contributed by atoms with E-state index in [1.54, 1.807) is 12.4 Å². The molecule has 0 unspecified atom stereocenters. The largest absolute Gasteiger partial charge is 0.325 e. The van der Waals surface area contributed by atoms with Crippen molar-refractivity contribution < 1.29 is 4.79 Å². The van der Waals surface area contributed by atoms with E-state index < -0.39 is 0 Å². The molecular weight excluding hydrogens is 406 g/mol. The van der Waals surface area contributed by atoms with Crippen molar-refractivity contribution in [2.24, 2.45) is 0 Å². The molecule has 0 saturated heterocycles. The fourth-order valence-corrected chi connectivity index (χ4v) is 3.90. The maximum Gasteiger partial charge on any atom is 0.234 e. The Morgan fingerprint density at radius 2 is 1.74 bits per heavy atom. The predicted octanol–water partition coefficient (Wildman–Crippen LogP) is 4.74. The van der Waals surface area contributed by atoms with Gasteiger partial charge in [0.15, 0.2) is 11.0 Å². The Kier molecular flexibility index (Phi) is 6.43. The highest BCUT2D eigenvalue weighted by molar-refractivity contribution is 7.99. The summed E-state index contributed by atoms with van der Waals surface area (Å²) in [6.45, 7) is 4.70. The number of benzene rings is 2. The van der Waals surface area contributed by atoms with Gasteiger partial charge >= 0.3 is 0 Å². The highest BCUT2D eigenvalue weighted by atomic mass is 32.2. The molecule has 0 bridgehead atoms. The summed E-state index contributed by atoms with van der Waals surface area (Å²) in [4.78, 5) is 16.6. The predicted molar refractivity (Wildman–Crippen MR) is 124 cm³/mol. The van der Waals surface area contributed by atoms with Crippen LogP contribution in [0, 0.1) is 13.8 Å². The summed E-state index contributed by atoms with van der Waals surface area (Å²) in [5.41, 5.74) is 5.22. The molecule has 0 spiro atoms. The molecule has 1 amide bonds. The Labute approximate surface area is 185 Å². The SMILES string of the molecule is Cc1ccc(NC(=O)CSc2nnc(-c3ccncc3)n2Cc2ccccc2)cc1C. The maximum absolute atomic E-state index is 12.5. The zero-order valence-corrected chi connectivity index (χ0v) is 18.3. The molecule has 2 heterocycles. The summed E-state index contributed by atoms with van der Waals surface area (Å²) in [5, 5.41) is 12.4. The van der Waals surface area contributed by atoms with E-state index >= 15 is 0 Å². The average Bonchev–Trinajstić information content (AvgIpc) is 3.18. The van der Waals surface area contributed by atoms with Gasteiger partial charge in [-0.25, -0.2) is 0 Å². The third-order valence-corrected chi connectivity index (χ3v) is 5.93. The van der Waals surface area contributed by atoms with Gasteiger partial charge in [0.2, 0.25) is 5.91 Å². The third kappa shape index (κ3) is 5.19. The number of hydrogen-bond acceptors (Lipinski definition) is 5. The van der Waals surface area contributed by atoms with E-state index in [1.165, 1.54) is 17.3 Å². The zero-order valence-electron chi connectivity index (χ0n) is 17.4. The summed E-state index contributed by atoms with van der Waals surface area (Å²) in [6.07, 6.45) is 3.47. The number of hydrogen-bond donors (Lipinski definition) is 1. The summed E-state index contributed by atoms with van der Waals surface area (Å²) in [7, 11) is 0. The van der Waals surface area contributed by atoms with Crippen LogP contribution in [0.5, 0.6) is 0 Å². The topological polar surface area (TPSA) is 72.7 Å². The van der Waals surface area contributed by atoms with E-state index in [1.807, 2.05) is 60.0 Å². The fourth-order valence-electron chi connectivity index (χ4n) is 3.16. The lowest BCUT2D eigenvalue weighted by Crippen LogP contribution is -2.15. The van der Waals surface area contributed by atoms with Gasteiger partial charge in [0.05, 0.1) is 12.3 Å². The number of anilines is 1. The number of aryl methyl sites for hydroxylation is 2. The molecule has 2 aromatic heterocycles.